The van der Waals surface area contributed by atoms with Crippen LogP contribution in [0.15, 0.2) is 42.5 Å². The average Bonchev–Trinajstić information content (AvgIpc) is 2.57. The number of carbonyl (C=O) groups is 1. The van der Waals surface area contributed by atoms with E-state index in [1.165, 1.54) is 12.1 Å². The zero-order valence-corrected chi connectivity index (χ0v) is 14.9. The number of non-ortho nitro benzene ring substituents is 1. The monoisotopic (exact) mass is 361 g/mol. The average molecular weight is 362 g/mol. The summed E-state index contributed by atoms with van der Waals surface area (Å²) in [4.78, 5) is 24.4. The molecular weight excluding hydrogens is 342 g/mol. The first kappa shape index (κ1) is 18.9. The van der Waals surface area contributed by atoms with Crippen LogP contribution < -0.4 is 5.32 Å². The van der Waals surface area contributed by atoms with Crippen LogP contribution in [0, 0.1) is 17.0 Å². The molecule has 0 aliphatic heterocycles. The van der Waals surface area contributed by atoms with Crippen LogP contribution in [0.2, 0.25) is 5.02 Å². The molecule has 0 radical (unpaired) electrons. The fraction of sp³-hybridized carbons (Fsp3) is 0.278. The van der Waals surface area contributed by atoms with Crippen LogP contribution in [-0.4, -0.2) is 29.3 Å². The van der Waals surface area contributed by atoms with Gasteiger partial charge in [-0.15, -0.1) is 0 Å². The van der Waals surface area contributed by atoms with Crippen molar-refractivity contribution >= 4 is 28.9 Å². The molecule has 25 heavy (non-hydrogen) atoms. The van der Waals surface area contributed by atoms with E-state index in [4.69, 9.17) is 11.6 Å². The Labute approximate surface area is 151 Å². The number of hydrogen-bond acceptors (Lipinski definition) is 4. The maximum absolute atomic E-state index is 12.1. The molecule has 0 aliphatic carbocycles. The number of rotatable bonds is 7. The first-order valence-electron chi connectivity index (χ1n) is 7.83. The third kappa shape index (κ3) is 5.55. The third-order valence-electron chi connectivity index (χ3n) is 3.81. The summed E-state index contributed by atoms with van der Waals surface area (Å²) >= 11 is 6.14. The summed E-state index contributed by atoms with van der Waals surface area (Å²) in [6, 6.07) is 12.0. The summed E-state index contributed by atoms with van der Waals surface area (Å²) in [6.07, 6.45) is 0.317. The topological polar surface area (TPSA) is 75.5 Å². The van der Waals surface area contributed by atoms with E-state index < -0.39 is 4.92 Å². The molecule has 2 aromatic carbocycles. The predicted octanol–water partition coefficient (Wildman–Crippen LogP) is 4.02. The highest BCUT2D eigenvalue weighted by atomic mass is 35.5. The van der Waals surface area contributed by atoms with Crippen LogP contribution in [0.25, 0.3) is 0 Å². The van der Waals surface area contributed by atoms with Gasteiger partial charge in [0.25, 0.3) is 5.69 Å². The molecule has 132 valence electrons. The maximum Gasteiger partial charge on any atom is 0.269 e. The molecule has 0 saturated heterocycles. The molecule has 1 N–H and O–H groups in total. The maximum atomic E-state index is 12.1. The van der Waals surface area contributed by atoms with Crippen molar-refractivity contribution in [3.8, 4) is 0 Å². The summed E-state index contributed by atoms with van der Waals surface area (Å²) in [5.74, 6) is -0.136. The number of benzene rings is 2. The Morgan fingerprint density at radius 3 is 2.64 bits per heavy atom. The second-order valence-electron chi connectivity index (χ2n) is 5.88. The van der Waals surface area contributed by atoms with Crippen molar-refractivity contribution in [1.29, 1.82) is 0 Å². The first-order valence-corrected chi connectivity index (χ1v) is 8.21. The highest BCUT2D eigenvalue weighted by molar-refractivity contribution is 6.31. The molecule has 1 amide bonds. The molecule has 0 fully saturated rings. The first-order chi connectivity index (χ1) is 11.9. The van der Waals surface area contributed by atoms with Gasteiger partial charge in [0.2, 0.25) is 5.91 Å². The van der Waals surface area contributed by atoms with E-state index in [-0.39, 0.29) is 11.6 Å². The molecular formula is C18H20ClN3O3. The van der Waals surface area contributed by atoms with E-state index in [1.807, 2.05) is 36.2 Å². The van der Waals surface area contributed by atoms with Gasteiger partial charge in [-0.05, 0) is 37.2 Å². The molecule has 0 aliphatic rings. The number of amides is 1. The number of nitrogens with zero attached hydrogens (tertiary/aromatic N) is 2. The van der Waals surface area contributed by atoms with Crippen LogP contribution in [0.4, 0.5) is 11.4 Å². The van der Waals surface area contributed by atoms with Gasteiger partial charge in [0, 0.05) is 42.4 Å². The Hall–Kier alpha value is -2.44. The molecule has 0 unspecified atom stereocenters. The minimum atomic E-state index is -0.456. The molecule has 7 heteroatoms. The lowest BCUT2D eigenvalue weighted by molar-refractivity contribution is -0.384. The SMILES string of the molecule is Cc1cc([N+](=O)[O-])ccc1NC(=O)CCN(C)Cc1ccccc1Cl. The lowest BCUT2D eigenvalue weighted by Crippen LogP contribution is -2.24. The summed E-state index contributed by atoms with van der Waals surface area (Å²) < 4.78 is 0. The van der Waals surface area contributed by atoms with Crippen molar-refractivity contribution in [2.45, 2.75) is 19.9 Å². The summed E-state index contributed by atoms with van der Waals surface area (Å²) in [7, 11) is 1.92. The number of hydrogen-bond donors (Lipinski definition) is 1. The number of nitro benzene ring substituents is 1. The van der Waals surface area contributed by atoms with Gasteiger partial charge in [0.15, 0.2) is 0 Å². The zero-order valence-electron chi connectivity index (χ0n) is 14.2. The Balaban J connectivity index is 1.86. The van der Waals surface area contributed by atoms with Crippen LogP contribution in [-0.2, 0) is 11.3 Å². The number of anilines is 1. The Morgan fingerprint density at radius 1 is 1.28 bits per heavy atom. The number of halogens is 1. The zero-order chi connectivity index (χ0) is 18.4. The van der Waals surface area contributed by atoms with Gasteiger partial charge in [-0.2, -0.15) is 0 Å². The lowest BCUT2D eigenvalue weighted by Gasteiger charge is -2.17. The van der Waals surface area contributed by atoms with E-state index in [0.29, 0.717) is 35.8 Å². The van der Waals surface area contributed by atoms with Gasteiger partial charge in [-0.25, -0.2) is 0 Å². The van der Waals surface area contributed by atoms with E-state index in [1.54, 1.807) is 13.0 Å². The predicted molar refractivity (Wildman–Crippen MR) is 98.9 cm³/mol. The van der Waals surface area contributed by atoms with Gasteiger partial charge >= 0.3 is 0 Å². The van der Waals surface area contributed by atoms with E-state index in [2.05, 4.69) is 5.32 Å². The Morgan fingerprint density at radius 2 is 2.00 bits per heavy atom. The van der Waals surface area contributed by atoms with Crippen molar-refractivity contribution in [2.24, 2.45) is 0 Å². The van der Waals surface area contributed by atoms with Crippen molar-refractivity contribution in [1.82, 2.24) is 4.90 Å². The fourth-order valence-corrected chi connectivity index (χ4v) is 2.60. The summed E-state index contributed by atoms with van der Waals surface area (Å²) in [5.41, 5.74) is 2.27. The minimum Gasteiger partial charge on any atom is -0.326 e. The molecule has 0 heterocycles. The highest BCUT2D eigenvalue weighted by Gasteiger charge is 2.11. The van der Waals surface area contributed by atoms with Crippen molar-refractivity contribution in [3.63, 3.8) is 0 Å². The number of nitrogens with one attached hydrogen (secondary N) is 1. The normalized spacial score (nSPS) is 10.7. The van der Waals surface area contributed by atoms with E-state index in [0.717, 1.165) is 5.56 Å². The molecule has 0 atom stereocenters. The van der Waals surface area contributed by atoms with Crippen LogP contribution in [0.3, 0.4) is 0 Å². The lowest BCUT2D eigenvalue weighted by atomic mass is 10.1. The second-order valence-corrected chi connectivity index (χ2v) is 6.29. The molecule has 6 nitrogen and oxygen atoms in total. The summed E-state index contributed by atoms with van der Waals surface area (Å²) in [6.45, 7) is 2.96. The smallest absolute Gasteiger partial charge is 0.269 e. The minimum absolute atomic E-state index is 0.00923. The van der Waals surface area contributed by atoms with E-state index in [9.17, 15) is 14.9 Å². The largest absolute Gasteiger partial charge is 0.326 e. The van der Waals surface area contributed by atoms with Gasteiger partial charge in [0.1, 0.15) is 0 Å². The van der Waals surface area contributed by atoms with E-state index >= 15 is 0 Å². The van der Waals surface area contributed by atoms with Gasteiger partial charge < -0.3 is 10.2 Å². The summed E-state index contributed by atoms with van der Waals surface area (Å²) in [5, 5.41) is 14.2. The van der Waals surface area contributed by atoms with Crippen LogP contribution in [0.5, 0.6) is 0 Å². The van der Waals surface area contributed by atoms with Crippen molar-refractivity contribution < 1.29 is 9.72 Å². The Bertz CT molecular complexity index is 780. The van der Waals surface area contributed by atoms with Crippen molar-refractivity contribution in [3.05, 3.63) is 68.7 Å². The number of aryl methyl sites for hydroxylation is 1. The quantitative estimate of drug-likeness (QED) is 0.597. The molecule has 0 spiro atoms. The standard InChI is InChI=1S/C18H20ClN3O3/c1-13-11-15(22(24)25)7-8-17(13)20-18(23)9-10-21(2)12-14-5-3-4-6-16(14)19/h3-8,11H,9-10,12H2,1-2H3,(H,20,23). The van der Waals surface area contributed by atoms with Crippen LogP contribution in [0.1, 0.15) is 17.5 Å². The van der Waals surface area contributed by atoms with Crippen LogP contribution >= 0.6 is 11.6 Å². The van der Waals surface area contributed by atoms with Gasteiger partial charge in [0.05, 0.1) is 4.92 Å². The Kier molecular flexibility index (Phi) is 6.50. The highest BCUT2D eigenvalue weighted by Crippen LogP contribution is 2.21. The third-order valence-corrected chi connectivity index (χ3v) is 4.18. The van der Waals surface area contributed by atoms with Crippen molar-refractivity contribution in [2.75, 3.05) is 18.9 Å². The number of carbonyl (C=O) groups excluding carboxylic acids is 1. The van der Waals surface area contributed by atoms with Gasteiger partial charge in [-0.1, -0.05) is 29.8 Å². The molecule has 2 aromatic rings. The molecule has 0 aromatic heterocycles. The number of nitro groups is 1. The second kappa shape index (κ2) is 8.60. The fourth-order valence-electron chi connectivity index (χ4n) is 2.40. The molecule has 0 bridgehead atoms. The van der Waals surface area contributed by atoms with Gasteiger partial charge in [-0.3, -0.25) is 14.9 Å². The molecule has 0 saturated carbocycles. The molecule has 2 rings (SSSR count).